The van der Waals surface area contributed by atoms with Gasteiger partial charge in [0.05, 0.1) is 0 Å². The Hall–Kier alpha value is -1.63. The normalized spacial score (nSPS) is 10.2. The first-order valence-electron chi connectivity index (χ1n) is 5.86. The van der Waals surface area contributed by atoms with E-state index in [1.165, 1.54) is 10.6 Å². The lowest BCUT2D eigenvalue weighted by atomic mass is 10.3. The van der Waals surface area contributed by atoms with Crippen LogP contribution in [0.25, 0.3) is 0 Å². The number of carbonyl (C=O) groups excluding carboxylic acids is 1. The zero-order valence-electron chi connectivity index (χ0n) is 10.2. The average Bonchev–Trinajstić information content (AvgIpc) is 2.40. The van der Waals surface area contributed by atoms with Crippen LogP contribution in [0.1, 0.15) is 6.42 Å². The van der Waals surface area contributed by atoms with Crippen molar-refractivity contribution in [3.05, 3.63) is 62.6 Å². The highest BCUT2D eigenvalue weighted by atomic mass is 127. The monoisotopic (exact) mass is 368 g/mol. The van der Waals surface area contributed by atoms with Gasteiger partial charge >= 0.3 is 0 Å². The molecule has 0 saturated heterocycles. The second kappa shape index (κ2) is 6.51. The quantitative estimate of drug-likeness (QED) is 0.844. The molecule has 1 heterocycles. The van der Waals surface area contributed by atoms with Gasteiger partial charge in [0.2, 0.25) is 5.91 Å². The van der Waals surface area contributed by atoms with Crippen LogP contribution in [0.15, 0.2) is 53.5 Å². The fraction of sp³-hybridized carbons (Fsp3) is 0.143. The molecular weight excluding hydrogens is 355 g/mol. The van der Waals surface area contributed by atoms with Crippen molar-refractivity contribution in [1.82, 2.24) is 4.57 Å². The van der Waals surface area contributed by atoms with Gasteiger partial charge in [-0.2, -0.15) is 0 Å². The number of hydrogen-bond acceptors (Lipinski definition) is 2. The summed E-state index contributed by atoms with van der Waals surface area (Å²) in [6.07, 6.45) is 1.95. The highest BCUT2D eigenvalue weighted by molar-refractivity contribution is 14.1. The third-order valence-electron chi connectivity index (χ3n) is 2.61. The number of nitrogens with one attached hydrogen (secondary N) is 1. The van der Waals surface area contributed by atoms with Crippen LogP contribution in [0.4, 0.5) is 5.69 Å². The number of pyridine rings is 1. The van der Waals surface area contributed by atoms with Gasteiger partial charge in [-0.25, -0.2) is 0 Å². The number of nitrogens with zero attached hydrogens (tertiary/aromatic N) is 1. The Morgan fingerprint density at radius 2 is 1.89 bits per heavy atom. The second-order valence-corrected chi connectivity index (χ2v) is 5.28. The topological polar surface area (TPSA) is 51.1 Å². The summed E-state index contributed by atoms with van der Waals surface area (Å²) < 4.78 is 2.64. The summed E-state index contributed by atoms with van der Waals surface area (Å²) in [4.78, 5) is 23.2. The van der Waals surface area contributed by atoms with Crippen molar-refractivity contribution in [2.45, 2.75) is 13.0 Å². The van der Waals surface area contributed by atoms with Gasteiger partial charge in [-0.05, 0) is 52.9 Å². The molecule has 4 nitrogen and oxygen atoms in total. The molecule has 0 spiro atoms. The summed E-state index contributed by atoms with van der Waals surface area (Å²) >= 11 is 2.21. The van der Waals surface area contributed by atoms with Gasteiger partial charge in [-0.1, -0.05) is 6.07 Å². The summed E-state index contributed by atoms with van der Waals surface area (Å²) in [6.45, 7) is 0.385. The van der Waals surface area contributed by atoms with Crippen molar-refractivity contribution >= 4 is 34.2 Å². The SMILES string of the molecule is O=C(CCn1ccccc1=O)Nc1ccc(I)cc1. The number of halogens is 1. The molecule has 0 aliphatic carbocycles. The average molecular weight is 368 g/mol. The van der Waals surface area contributed by atoms with Crippen molar-refractivity contribution < 1.29 is 4.79 Å². The van der Waals surface area contributed by atoms with Crippen LogP contribution in [0.5, 0.6) is 0 Å². The zero-order chi connectivity index (χ0) is 13.7. The largest absolute Gasteiger partial charge is 0.326 e. The summed E-state index contributed by atoms with van der Waals surface area (Å²) in [5.41, 5.74) is 0.676. The summed E-state index contributed by atoms with van der Waals surface area (Å²) in [7, 11) is 0. The zero-order valence-corrected chi connectivity index (χ0v) is 12.3. The molecule has 0 aliphatic rings. The minimum atomic E-state index is -0.100. The van der Waals surface area contributed by atoms with Crippen molar-refractivity contribution in [2.24, 2.45) is 0 Å². The number of aryl methyl sites for hydroxylation is 1. The Morgan fingerprint density at radius 1 is 1.16 bits per heavy atom. The van der Waals surface area contributed by atoms with Crippen LogP contribution in [-0.4, -0.2) is 10.5 Å². The van der Waals surface area contributed by atoms with E-state index in [-0.39, 0.29) is 17.9 Å². The van der Waals surface area contributed by atoms with Crippen LogP contribution in [0.2, 0.25) is 0 Å². The molecule has 0 unspecified atom stereocenters. The Balaban J connectivity index is 1.90. The van der Waals surface area contributed by atoms with Gasteiger partial charge in [0.15, 0.2) is 0 Å². The molecule has 2 rings (SSSR count). The molecular formula is C14H13IN2O2. The van der Waals surface area contributed by atoms with E-state index >= 15 is 0 Å². The van der Waals surface area contributed by atoms with E-state index in [0.29, 0.717) is 6.54 Å². The Bertz CT molecular complexity index is 620. The van der Waals surface area contributed by atoms with E-state index in [1.807, 2.05) is 24.3 Å². The molecule has 1 amide bonds. The van der Waals surface area contributed by atoms with Gasteiger partial charge in [-0.3, -0.25) is 9.59 Å². The van der Waals surface area contributed by atoms with Crippen LogP contribution in [0.3, 0.4) is 0 Å². The van der Waals surface area contributed by atoms with Gasteiger partial charge in [-0.15, -0.1) is 0 Å². The van der Waals surface area contributed by atoms with Crippen molar-refractivity contribution in [2.75, 3.05) is 5.32 Å². The molecule has 0 saturated carbocycles. The molecule has 0 fully saturated rings. The van der Waals surface area contributed by atoms with E-state index in [2.05, 4.69) is 27.9 Å². The fourth-order valence-electron chi connectivity index (χ4n) is 1.62. The number of rotatable bonds is 4. The lowest BCUT2D eigenvalue weighted by molar-refractivity contribution is -0.116. The maximum absolute atomic E-state index is 11.8. The third kappa shape index (κ3) is 4.20. The highest BCUT2D eigenvalue weighted by Crippen LogP contribution is 2.11. The fourth-order valence-corrected chi connectivity index (χ4v) is 1.98. The maximum Gasteiger partial charge on any atom is 0.250 e. The Labute approximate surface area is 124 Å². The Kier molecular flexibility index (Phi) is 4.73. The lowest BCUT2D eigenvalue weighted by Gasteiger charge is -2.06. The minimum Gasteiger partial charge on any atom is -0.326 e. The first kappa shape index (κ1) is 13.8. The third-order valence-corrected chi connectivity index (χ3v) is 3.33. The van der Waals surface area contributed by atoms with Crippen LogP contribution >= 0.6 is 22.6 Å². The van der Waals surface area contributed by atoms with Crippen LogP contribution in [0, 0.1) is 3.57 Å². The number of carbonyl (C=O) groups is 1. The Morgan fingerprint density at radius 3 is 2.58 bits per heavy atom. The van der Waals surface area contributed by atoms with Gasteiger partial charge in [0, 0.05) is 34.5 Å². The highest BCUT2D eigenvalue weighted by Gasteiger charge is 2.03. The molecule has 1 aromatic heterocycles. The molecule has 98 valence electrons. The van der Waals surface area contributed by atoms with Crippen LogP contribution in [-0.2, 0) is 11.3 Å². The van der Waals surface area contributed by atoms with E-state index < -0.39 is 0 Å². The standard InChI is InChI=1S/C14H13IN2O2/c15-11-4-6-12(7-5-11)16-13(18)8-10-17-9-2-1-3-14(17)19/h1-7,9H,8,10H2,(H,16,18). The van der Waals surface area contributed by atoms with E-state index in [4.69, 9.17) is 0 Å². The molecule has 1 N–H and O–H groups in total. The number of hydrogen-bond donors (Lipinski definition) is 1. The van der Waals surface area contributed by atoms with Crippen LogP contribution < -0.4 is 10.9 Å². The number of benzene rings is 1. The van der Waals surface area contributed by atoms with E-state index in [1.54, 1.807) is 18.3 Å². The number of aromatic nitrogens is 1. The molecule has 0 aliphatic heterocycles. The van der Waals surface area contributed by atoms with E-state index in [0.717, 1.165) is 9.26 Å². The summed E-state index contributed by atoms with van der Waals surface area (Å²) in [5, 5.41) is 2.80. The number of anilines is 1. The minimum absolute atomic E-state index is 0.0930. The molecule has 0 atom stereocenters. The molecule has 1 aromatic carbocycles. The van der Waals surface area contributed by atoms with Crippen molar-refractivity contribution in [3.63, 3.8) is 0 Å². The second-order valence-electron chi connectivity index (χ2n) is 4.04. The predicted molar refractivity (Wildman–Crippen MR) is 83.1 cm³/mol. The number of amides is 1. The van der Waals surface area contributed by atoms with Gasteiger partial charge < -0.3 is 9.88 Å². The van der Waals surface area contributed by atoms with Crippen molar-refractivity contribution in [1.29, 1.82) is 0 Å². The molecule has 19 heavy (non-hydrogen) atoms. The lowest BCUT2D eigenvalue weighted by Crippen LogP contribution is -2.21. The first-order valence-corrected chi connectivity index (χ1v) is 6.94. The van der Waals surface area contributed by atoms with Gasteiger partial charge in [0.1, 0.15) is 0 Å². The van der Waals surface area contributed by atoms with Gasteiger partial charge in [0.25, 0.3) is 5.56 Å². The first-order chi connectivity index (χ1) is 9.15. The summed E-state index contributed by atoms with van der Waals surface area (Å²) in [6, 6.07) is 12.5. The summed E-state index contributed by atoms with van der Waals surface area (Å²) in [5.74, 6) is -0.100. The smallest absolute Gasteiger partial charge is 0.250 e. The predicted octanol–water partition coefficient (Wildman–Crippen LogP) is 2.48. The molecule has 2 aromatic rings. The molecule has 0 bridgehead atoms. The maximum atomic E-state index is 11.8. The van der Waals surface area contributed by atoms with Crippen molar-refractivity contribution in [3.8, 4) is 0 Å². The molecule has 0 radical (unpaired) electrons. The van der Waals surface area contributed by atoms with E-state index in [9.17, 15) is 9.59 Å². The molecule has 5 heteroatoms.